The van der Waals surface area contributed by atoms with Gasteiger partial charge in [0.15, 0.2) is 12.4 Å². The van der Waals surface area contributed by atoms with E-state index in [-0.39, 0.29) is 34.6 Å². The van der Waals surface area contributed by atoms with Gasteiger partial charge in [-0.1, -0.05) is 29.8 Å². The molecule has 11 nitrogen and oxygen atoms in total. The number of fused-ring (bicyclic) bond motifs is 1. The third-order valence-electron chi connectivity index (χ3n) is 5.38. The molecule has 2 aromatic carbocycles. The van der Waals surface area contributed by atoms with E-state index in [0.29, 0.717) is 23.1 Å². The number of rotatable bonds is 10. The smallest absolute Gasteiger partial charge is 0.344 e. The van der Waals surface area contributed by atoms with Crippen molar-refractivity contribution in [2.24, 2.45) is 5.10 Å². The van der Waals surface area contributed by atoms with E-state index in [1.807, 2.05) is 13.8 Å². The Morgan fingerprint density at radius 3 is 2.62 bits per heavy atom. The zero-order valence-electron chi connectivity index (χ0n) is 21.1. The minimum atomic E-state index is -0.677. The number of methoxy groups -OCH3 is 1. The second-order valence-electron chi connectivity index (χ2n) is 8.46. The lowest BCUT2D eigenvalue weighted by Gasteiger charge is -2.14. The molecule has 0 fully saturated rings. The highest BCUT2D eigenvalue weighted by molar-refractivity contribution is 9.10. The molecule has 196 valence electrons. The Balaban J connectivity index is 2.08. The molecule has 0 aliphatic heterocycles. The molecule has 0 aliphatic rings. The Bertz CT molecular complexity index is 1420. The average molecular weight is 575 g/mol. The predicted octanol–water partition coefficient (Wildman–Crippen LogP) is 4.80. The van der Waals surface area contributed by atoms with Crippen LogP contribution in [0.15, 0.2) is 44.7 Å². The molecule has 0 spiro atoms. The molecule has 0 N–H and O–H groups in total. The standard InChI is InChI=1S/C25H27BrN4O7/c1-6-15(4)24-28-19-8-7-17(26)11-18(19)25(32)29(24)27-12-16-9-20(30(33)34)23(21(10-16)35-5)36-13-22(31)37-14(2)3/h7-12,14-15H,6,13H2,1-5H3/t15-/m0/s1. The molecule has 1 aromatic heterocycles. The van der Waals surface area contributed by atoms with Crippen molar-refractivity contribution in [3.63, 3.8) is 0 Å². The van der Waals surface area contributed by atoms with E-state index >= 15 is 0 Å². The number of esters is 1. The van der Waals surface area contributed by atoms with Gasteiger partial charge in [-0.2, -0.15) is 9.78 Å². The minimum Gasteiger partial charge on any atom is -0.493 e. The molecular weight excluding hydrogens is 548 g/mol. The van der Waals surface area contributed by atoms with Gasteiger partial charge in [0.25, 0.3) is 5.56 Å². The van der Waals surface area contributed by atoms with Crippen molar-refractivity contribution < 1.29 is 23.9 Å². The summed E-state index contributed by atoms with van der Waals surface area (Å²) in [6, 6.07) is 7.90. The summed E-state index contributed by atoms with van der Waals surface area (Å²) >= 11 is 3.37. The van der Waals surface area contributed by atoms with Gasteiger partial charge in [-0.15, -0.1) is 0 Å². The second-order valence-corrected chi connectivity index (χ2v) is 9.37. The van der Waals surface area contributed by atoms with Crippen LogP contribution in [0.25, 0.3) is 10.9 Å². The van der Waals surface area contributed by atoms with Crippen molar-refractivity contribution in [1.29, 1.82) is 0 Å². The molecule has 3 rings (SSSR count). The lowest BCUT2D eigenvalue weighted by molar-refractivity contribution is -0.385. The largest absolute Gasteiger partial charge is 0.493 e. The highest BCUT2D eigenvalue weighted by Gasteiger charge is 2.24. The number of aromatic nitrogens is 2. The Morgan fingerprint density at radius 2 is 2.00 bits per heavy atom. The highest BCUT2D eigenvalue weighted by atomic mass is 79.9. The molecule has 1 heterocycles. The van der Waals surface area contributed by atoms with Gasteiger partial charge in [-0.25, -0.2) is 9.78 Å². The topological polar surface area (TPSA) is 135 Å². The molecule has 37 heavy (non-hydrogen) atoms. The molecule has 1 atom stereocenters. The summed E-state index contributed by atoms with van der Waals surface area (Å²) < 4.78 is 17.6. The Hall–Kier alpha value is -3.80. The van der Waals surface area contributed by atoms with Crippen molar-refractivity contribution in [1.82, 2.24) is 9.66 Å². The number of nitro benzene ring substituents is 1. The van der Waals surface area contributed by atoms with Crippen molar-refractivity contribution in [2.45, 2.75) is 46.1 Å². The van der Waals surface area contributed by atoms with Gasteiger partial charge in [-0.3, -0.25) is 14.9 Å². The van der Waals surface area contributed by atoms with Crippen molar-refractivity contribution in [3.05, 3.63) is 66.7 Å². The van der Waals surface area contributed by atoms with Crippen LogP contribution < -0.4 is 15.0 Å². The maximum atomic E-state index is 13.3. The van der Waals surface area contributed by atoms with Crippen LogP contribution in [0.1, 0.15) is 51.4 Å². The van der Waals surface area contributed by atoms with Crippen LogP contribution in [0.5, 0.6) is 11.5 Å². The Morgan fingerprint density at radius 1 is 1.27 bits per heavy atom. The predicted molar refractivity (Wildman–Crippen MR) is 142 cm³/mol. The first-order chi connectivity index (χ1) is 17.5. The fourth-order valence-corrected chi connectivity index (χ4v) is 3.81. The maximum absolute atomic E-state index is 13.3. The first kappa shape index (κ1) is 27.8. The van der Waals surface area contributed by atoms with Crippen LogP contribution in [0.4, 0.5) is 5.69 Å². The number of hydrogen-bond acceptors (Lipinski definition) is 9. The minimum absolute atomic E-state index is 0.0167. The van der Waals surface area contributed by atoms with Crippen LogP contribution in [-0.2, 0) is 9.53 Å². The number of ether oxygens (including phenoxy) is 3. The Labute approximate surface area is 221 Å². The molecule has 0 unspecified atom stereocenters. The summed E-state index contributed by atoms with van der Waals surface area (Å²) in [7, 11) is 1.32. The summed E-state index contributed by atoms with van der Waals surface area (Å²) in [5.74, 6) is -0.501. The van der Waals surface area contributed by atoms with E-state index in [9.17, 15) is 19.7 Å². The molecule has 0 amide bonds. The van der Waals surface area contributed by atoms with Crippen molar-refractivity contribution in [3.8, 4) is 11.5 Å². The van der Waals surface area contributed by atoms with E-state index in [0.717, 1.165) is 4.47 Å². The summed E-state index contributed by atoms with van der Waals surface area (Å²) in [6.07, 6.45) is 1.67. The summed E-state index contributed by atoms with van der Waals surface area (Å²) in [5, 5.41) is 16.5. The molecular formula is C25H27BrN4O7. The summed E-state index contributed by atoms with van der Waals surface area (Å²) in [4.78, 5) is 41.0. The number of nitro groups is 1. The summed E-state index contributed by atoms with van der Waals surface area (Å²) in [5.41, 5.74) is 0.0119. The van der Waals surface area contributed by atoms with E-state index < -0.39 is 23.2 Å². The van der Waals surface area contributed by atoms with Gasteiger partial charge in [0.05, 0.1) is 35.3 Å². The third kappa shape index (κ3) is 6.50. The second kappa shape index (κ2) is 12.0. The molecule has 0 saturated carbocycles. The van der Waals surface area contributed by atoms with Crippen LogP contribution in [0.2, 0.25) is 0 Å². The van der Waals surface area contributed by atoms with Gasteiger partial charge in [0, 0.05) is 22.0 Å². The van der Waals surface area contributed by atoms with Crippen molar-refractivity contribution >= 4 is 44.7 Å². The highest BCUT2D eigenvalue weighted by Crippen LogP contribution is 2.38. The number of carbonyl (C=O) groups is 1. The van der Waals surface area contributed by atoms with Gasteiger partial charge < -0.3 is 14.2 Å². The molecule has 3 aromatic rings. The van der Waals surface area contributed by atoms with Crippen LogP contribution in [0.3, 0.4) is 0 Å². The lowest BCUT2D eigenvalue weighted by atomic mass is 10.1. The van der Waals surface area contributed by atoms with E-state index in [2.05, 4.69) is 26.0 Å². The zero-order chi connectivity index (χ0) is 27.3. The van der Waals surface area contributed by atoms with Gasteiger partial charge >= 0.3 is 11.7 Å². The number of benzene rings is 2. The quantitative estimate of drug-likeness (QED) is 0.146. The SMILES string of the molecule is CC[C@H](C)c1nc2ccc(Br)cc2c(=O)n1N=Cc1cc(OC)c(OCC(=O)OC(C)C)c([N+](=O)[O-])c1. The molecule has 0 saturated heterocycles. The molecule has 12 heteroatoms. The normalized spacial score (nSPS) is 12.2. The van der Waals surface area contributed by atoms with E-state index in [4.69, 9.17) is 14.2 Å². The molecule has 0 bridgehead atoms. The van der Waals surface area contributed by atoms with Gasteiger partial charge in [-0.05, 0) is 44.5 Å². The fraction of sp³-hybridized carbons (Fsp3) is 0.360. The van der Waals surface area contributed by atoms with Crippen LogP contribution in [-0.4, -0.2) is 46.6 Å². The van der Waals surface area contributed by atoms with Gasteiger partial charge in [0.2, 0.25) is 5.75 Å². The number of carbonyl (C=O) groups excluding carboxylic acids is 1. The first-order valence-corrected chi connectivity index (χ1v) is 12.3. The van der Waals surface area contributed by atoms with Crippen LogP contribution in [0, 0.1) is 10.1 Å². The summed E-state index contributed by atoms with van der Waals surface area (Å²) in [6.45, 7) is 6.73. The zero-order valence-corrected chi connectivity index (χ0v) is 22.6. The number of nitrogens with zero attached hydrogens (tertiary/aromatic N) is 4. The first-order valence-electron chi connectivity index (χ1n) is 11.5. The average Bonchev–Trinajstić information content (AvgIpc) is 2.85. The van der Waals surface area contributed by atoms with Gasteiger partial charge in [0.1, 0.15) is 5.82 Å². The number of hydrogen-bond donors (Lipinski definition) is 0. The Kier molecular flexibility index (Phi) is 8.98. The molecule has 0 aliphatic carbocycles. The van der Waals surface area contributed by atoms with E-state index in [1.165, 1.54) is 30.1 Å². The monoisotopic (exact) mass is 574 g/mol. The number of halogens is 1. The van der Waals surface area contributed by atoms with E-state index in [1.54, 1.807) is 32.0 Å². The third-order valence-corrected chi connectivity index (χ3v) is 5.88. The van der Waals surface area contributed by atoms with Crippen LogP contribution >= 0.6 is 15.9 Å². The van der Waals surface area contributed by atoms with Crippen molar-refractivity contribution in [2.75, 3.05) is 13.7 Å². The maximum Gasteiger partial charge on any atom is 0.344 e. The lowest BCUT2D eigenvalue weighted by Crippen LogP contribution is -2.23. The molecule has 0 radical (unpaired) electrons. The fourth-order valence-electron chi connectivity index (χ4n) is 3.45.